The number of imidazole rings is 1. The SMILES string of the molecule is O=C(CC(c1cccc(F)c1)c1cnc2c(OCc3ccccc3)cccn12)NCCc1ccccn1. The van der Waals surface area contributed by atoms with E-state index in [0.717, 1.165) is 17.0 Å². The van der Waals surface area contributed by atoms with E-state index in [1.165, 1.54) is 12.1 Å². The second-order valence-electron chi connectivity index (χ2n) is 8.76. The number of pyridine rings is 2. The molecule has 0 spiro atoms. The molecule has 3 aromatic heterocycles. The van der Waals surface area contributed by atoms with Crippen molar-refractivity contribution >= 4 is 11.6 Å². The summed E-state index contributed by atoms with van der Waals surface area (Å²) < 4.78 is 22.2. The van der Waals surface area contributed by atoms with E-state index < -0.39 is 5.92 Å². The first kappa shape index (κ1) is 24.2. The fraction of sp³-hybridized carbons (Fsp3) is 0.167. The summed E-state index contributed by atoms with van der Waals surface area (Å²) in [6, 6.07) is 25.8. The third kappa shape index (κ3) is 6.01. The molecule has 7 heteroatoms. The highest BCUT2D eigenvalue weighted by atomic mass is 19.1. The van der Waals surface area contributed by atoms with Crippen molar-refractivity contribution in [2.75, 3.05) is 6.54 Å². The van der Waals surface area contributed by atoms with E-state index in [0.29, 0.717) is 36.5 Å². The van der Waals surface area contributed by atoms with Gasteiger partial charge in [-0.25, -0.2) is 9.37 Å². The third-order valence-corrected chi connectivity index (χ3v) is 6.19. The zero-order valence-electron chi connectivity index (χ0n) is 20.3. The maximum atomic E-state index is 14.2. The molecular formula is C30H27FN4O2. The molecule has 186 valence electrons. The van der Waals surface area contributed by atoms with Gasteiger partial charge in [0.1, 0.15) is 12.4 Å². The fourth-order valence-electron chi connectivity index (χ4n) is 4.36. The maximum absolute atomic E-state index is 14.2. The van der Waals surface area contributed by atoms with Crippen LogP contribution in [0.1, 0.15) is 34.9 Å². The summed E-state index contributed by atoms with van der Waals surface area (Å²) in [6.07, 6.45) is 6.14. The van der Waals surface area contributed by atoms with Gasteiger partial charge >= 0.3 is 0 Å². The highest BCUT2D eigenvalue weighted by molar-refractivity contribution is 5.77. The van der Waals surface area contributed by atoms with Crippen molar-refractivity contribution in [3.05, 3.63) is 132 Å². The number of halogens is 1. The molecule has 6 nitrogen and oxygen atoms in total. The smallest absolute Gasteiger partial charge is 0.221 e. The number of ether oxygens (including phenoxy) is 1. The van der Waals surface area contributed by atoms with Crippen LogP contribution >= 0.6 is 0 Å². The average molecular weight is 495 g/mol. The van der Waals surface area contributed by atoms with Crippen LogP contribution in [-0.4, -0.2) is 26.8 Å². The Morgan fingerprint density at radius 1 is 0.973 bits per heavy atom. The van der Waals surface area contributed by atoms with Crippen molar-refractivity contribution in [3.8, 4) is 5.75 Å². The van der Waals surface area contributed by atoms with Gasteiger partial charge in [-0.3, -0.25) is 9.78 Å². The number of carbonyl (C=O) groups is 1. The normalized spacial score (nSPS) is 11.8. The topological polar surface area (TPSA) is 68.5 Å². The number of nitrogens with one attached hydrogen (secondary N) is 1. The summed E-state index contributed by atoms with van der Waals surface area (Å²) in [7, 11) is 0. The van der Waals surface area contributed by atoms with Crippen molar-refractivity contribution in [2.24, 2.45) is 0 Å². The van der Waals surface area contributed by atoms with Crippen LogP contribution in [0.25, 0.3) is 5.65 Å². The summed E-state index contributed by atoms with van der Waals surface area (Å²) >= 11 is 0. The minimum atomic E-state index is -0.398. The van der Waals surface area contributed by atoms with Gasteiger partial charge in [-0.15, -0.1) is 0 Å². The number of fused-ring (bicyclic) bond motifs is 1. The molecule has 5 aromatic rings. The lowest BCUT2D eigenvalue weighted by Gasteiger charge is -2.18. The zero-order chi connectivity index (χ0) is 25.5. The predicted molar refractivity (Wildman–Crippen MR) is 140 cm³/mol. The van der Waals surface area contributed by atoms with Gasteiger partial charge in [0.05, 0.1) is 5.69 Å². The highest BCUT2D eigenvalue weighted by Gasteiger charge is 2.23. The quantitative estimate of drug-likeness (QED) is 0.285. The first-order chi connectivity index (χ1) is 18.2. The molecule has 0 bridgehead atoms. The molecule has 0 aliphatic heterocycles. The highest BCUT2D eigenvalue weighted by Crippen LogP contribution is 2.31. The first-order valence-corrected chi connectivity index (χ1v) is 12.2. The molecular weight excluding hydrogens is 467 g/mol. The van der Waals surface area contributed by atoms with E-state index in [9.17, 15) is 9.18 Å². The summed E-state index contributed by atoms with van der Waals surface area (Å²) in [6.45, 7) is 0.880. The molecule has 0 fully saturated rings. The Labute approximate surface area is 214 Å². The molecule has 2 aromatic carbocycles. The van der Waals surface area contributed by atoms with Crippen LogP contribution in [0.5, 0.6) is 5.75 Å². The second-order valence-corrected chi connectivity index (χ2v) is 8.76. The predicted octanol–water partition coefficient (Wildman–Crippen LogP) is 5.33. The van der Waals surface area contributed by atoms with Crippen molar-refractivity contribution in [1.29, 1.82) is 0 Å². The van der Waals surface area contributed by atoms with Crippen molar-refractivity contribution in [3.63, 3.8) is 0 Å². The molecule has 1 amide bonds. The van der Waals surface area contributed by atoms with E-state index in [1.807, 2.05) is 77.3 Å². The number of nitrogens with zero attached hydrogens (tertiary/aromatic N) is 3. The number of aromatic nitrogens is 3. The Bertz CT molecular complexity index is 1470. The van der Waals surface area contributed by atoms with Gasteiger partial charge in [-0.2, -0.15) is 0 Å². The molecule has 0 saturated heterocycles. The van der Waals surface area contributed by atoms with Crippen LogP contribution in [0.3, 0.4) is 0 Å². The third-order valence-electron chi connectivity index (χ3n) is 6.19. The second kappa shape index (κ2) is 11.5. The van der Waals surface area contributed by atoms with Crippen LogP contribution in [0.4, 0.5) is 4.39 Å². The van der Waals surface area contributed by atoms with Crippen LogP contribution in [0.15, 0.2) is 104 Å². The zero-order valence-corrected chi connectivity index (χ0v) is 20.3. The van der Waals surface area contributed by atoms with Gasteiger partial charge < -0.3 is 14.5 Å². The van der Waals surface area contributed by atoms with E-state index in [4.69, 9.17) is 4.74 Å². The van der Waals surface area contributed by atoms with Gasteiger partial charge in [0, 0.05) is 49.6 Å². The Morgan fingerprint density at radius 2 is 1.84 bits per heavy atom. The van der Waals surface area contributed by atoms with Crippen LogP contribution in [0.2, 0.25) is 0 Å². The number of hydrogen-bond donors (Lipinski definition) is 1. The lowest BCUT2D eigenvalue weighted by molar-refractivity contribution is -0.121. The molecule has 3 heterocycles. The Balaban J connectivity index is 1.37. The molecule has 37 heavy (non-hydrogen) atoms. The minimum absolute atomic E-state index is 0.128. The number of rotatable bonds is 10. The first-order valence-electron chi connectivity index (χ1n) is 12.2. The fourth-order valence-corrected chi connectivity index (χ4v) is 4.36. The number of hydrogen-bond acceptors (Lipinski definition) is 4. The minimum Gasteiger partial charge on any atom is -0.485 e. The van der Waals surface area contributed by atoms with Crippen LogP contribution in [-0.2, 0) is 17.8 Å². The van der Waals surface area contributed by atoms with E-state index in [1.54, 1.807) is 18.5 Å². The molecule has 1 unspecified atom stereocenters. The summed E-state index contributed by atoms with van der Waals surface area (Å²) in [5.41, 5.74) is 4.10. The Kier molecular flexibility index (Phi) is 7.50. The largest absolute Gasteiger partial charge is 0.485 e. The van der Waals surface area contributed by atoms with E-state index in [-0.39, 0.29) is 18.1 Å². The molecule has 0 aliphatic rings. The van der Waals surface area contributed by atoms with Crippen molar-refractivity contribution in [1.82, 2.24) is 19.7 Å². The van der Waals surface area contributed by atoms with Gasteiger partial charge in [0.2, 0.25) is 5.91 Å². The lowest BCUT2D eigenvalue weighted by Crippen LogP contribution is -2.28. The van der Waals surface area contributed by atoms with Gasteiger partial charge in [0.25, 0.3) is 0 Å². The molecule has 1 atom stereocenters. The lowest BCUT2D eigenvalue weighted by atomic mass is 9.92. The molecule has 1 N–H and O–H groups in total. The van der Waals surface area contributed by atoms with Gasteiger partial charge in [-0.1, -0.05) is 48.5 Å². The summed E-state index contributed by atoms with van der Waals surface area (Å²) in [5.74, 6) is -0.240. The molecule has 5 rings (SSSR count). The van der Waals surface area contributed by atoms with Crippen LogP contribution < -0.4 is 10.1 Å². The summed E-state index contributed by atoms with van der Waals surface area (Å²) in [4.78, 5) is 21.9. The van der Waals surface area contributed by atoms with Gasteiger partial charge in [-0.05, 0) is 47.5 Å². The maximum Gasteiger partial charge on any atom is 0.221 e. The Morgan fingerprint density at radius 3 is 2.65 bits per heavy atom. The van der Waals surface area contributed by atoms with Gasteiger partial charge in [0.15, 0.2) is 11.4 Å². The van der Waals surface area contributed by atoms with E-state index in [2.05, 4.69) is 15.3 Å². The van der Waals surface area contributed by atoms with Crippen LogP contribution in [0, 0.1) is 5.82 Å². The Hall–Kier alpha value is -4.52. The molecule has 0 radical (unpaired) electrons. The number of carbonyl (C=O) groups excluding carboxylic acids is 1. The monoisotopic (exact) mass is 494 g/mol. The summed E-state index contributed by atoms with van der Waals surface area (Å²) in [5, 5.41) is 2.98. The standard InChI is InChI=1S/C30H27FN4O2/c31-24-11-6-10-23(18-24)26(19-29(36)33-16-14-25-12-4-5-15-32-25)27-20-34-30-28(13-7-17-35(27)30)37-21-22-8-2-1-3-9-22/h1-13,15,17-18,20,26H,14,16,19,21H2,(H,33,36). The average Bonchev–Trinajstić information content (AvgIpc) is 3.36. The van der Waals surface area contributed by atoms with Crippen molar-refractivity contribution < 1.29 is 13.9 Å². The molecule has 0 aliphatic carbocycles. The van der Waals surface area contributed by atoms with E-state index >= 15 is 0 Å². The van der Waals surface area contributed by atoms with Crippen molar-refractivity contribution in [2.45, 2.75) is 25.4 Å². The number of benzene rings is 2. The number of amides is 1. The molecule has 0 saturated carbocycles.